The van der Waals surface area contributed by atoms with Crippen molar-refractivity contribution in [1.82, 2.24) is 19.9 Å². The highest BCUT2D eigenvalue weighted by molar-refractivity contribution is 5.74. The Kier molecular flexibility index (Phi) is 4.20. The molecule has 19 heavy (non-hydrogen) atoms. The first kappa shape index (κ1) is 14.0. The van der Waals surface area contributed by atoms with Crippen LogP contribution in [0.3, 0.4) is 0 Å². The van der Waals surface area contributed by atoms with Crippen LogP contribution in [0.15, 0.2) is 18.5 Å². The second-order valence-corrected chi connectivity index (χ2v) is 5.97. The van der Waals surface area contributed by atoms with Gasteiger partial charge in [-0.1, -0.05) is 6.92 Å². The van der Waals surface area contributed by atoms with Gasteiger partial charge in [0, 0.05) is 31.2 Å². The maximum atomic E-state index is 4.71. The minimum absolute atomic E-state index is 0.156. The summed E-state index contributed by atoms with van der Waals surface area (Å²) in [4.78, 5) is 8.87. The van der Waals surface area contributed by atoms with E-state index in [-0.39, 0.29) is 5.54 Å². The molecule has 0 aliphatic carbocycles. The molecule has 0 fully saturated rings. The zero-order valence-electron chi connectivity index (χ0n) is 12.4. The van der Waals surface area contributed by atoms with Crippen LogP contribution in [0.4, 0.5) is 0 Å². The molecule has 0 bridgehead atoms. The number of aryl methyl sites for hydroxylation is 1. The van der Waals surface area contributed by atoms with Crippen LogP contribution >= 0.6 is 0 Å². The lowest BCUT2D eigenvalue weighted by atomic mass is 10.1. The predicted molar refractivity (Wildman–Crippen MR) is 79.3 cm³/mol. The first-order valence-electron chi connectivity index (χ1n) is 7.05. The van der Waals surface area contributed by atoms with Crippen molar-refractivity contribution in [3.05, 3.63) is 24.3 Å². The van der Waals surface area contributed by atoms with Crippen LogP contribution in [0.1, 0.15) is 39.9 Å². The molecule has 104 valence electrons. The van der Waals surface area contributed by atoms with Crippen LogP contribution < -0.4 is 5.32 Å². The number of nitrogens with one attached hydrogen (secondary N) is 1. The summed E-state index contributed by atoms with van der Waals surface area (Å²) in [5.41, 5.74) is 2.35. The number of fused-ring (bicyclic) bond motifs is 1. The first-order chi connectivity index (χ1) is 9.01. The fraction of sp³-hybridized carbons (Fsp3) is 0.600. The maximum absolute atomic E-state index is 4.71. The highest BCUT2D eigenvalue weighted by Gasteiger charge is 2.12. The summed E-state index contributed by atoms with van der Waals surface area (Å²) in [7, 11) is 0. The molecule has 2 aromatic heterocycles. The zero-order valence-corrected chi connectivity index (χ0v) is 12.4. The van der Waals surface area contributed by atoms with Gasteiger partial charge in [0.15, 0.2) is 0 Å². The summed E-state index contributed by atoms with van der Waals surface area (Å²) >= 11 is 0. The van der Waals surface area contributed by atoms with Crippen molar-refractivity contribution >= 4 is 11.0 Å². The maximum Gasteiger partial charge on any atom is 0.111 e. The second-order valence-electron chi connectivity index (χ2n) is 5.97. The van der Waals surface area contributed by atoms with Crippen LogP contribution in [0, 0.1) is 0 Å². The van der Waals surface area contributed by atoms with Gasteiger partial charge >= 0.3 is 0 Å². The minimum atomic E-state index is 0.156. The molecule has 0 amide bonds. The molecule has 0 atom stereocenters. The molecule has 0 aliphatic heterocycles. The van der Waals surface area contributed by atoms with Gasteiger partial charge in [-0.3, -0.25) is 4.98 Å². The molecular weight excluding hydrogens is 236 g/mol. The van der Waals surface area contributed by atoms with Gasteiger partial charge in [0.2, 0.25) is 0 Å². The lowest BCUT2D eigenvalue weighted by molar-refractivity contribution is 0.425. The molecular formula is C15H24N4. The fourth-order valence-electron chi connectivity index (χ4n) is 2.24. The number of hydrogen-bond donors (Lipinski definition) is 1. The summed E-state index contributed by atoms with van der Waals surface area (Å²) in [6.45, 7) is 10.7. The van der Waals surface area contributed by atoms with Gasteiger partial charge in [0.25, 0.3) is 0 Å². The number of nitrogens with zero attached hydrogens (tertiary/aromatic N) is 3. The summed E-state index contributed by atoms with van der Waals surface area (Å²) in [6, 6.07) is 2.05. The van der Waals surface area contributed by atoms with Crippen LogP contribution in [0.5, 0.6) is 0 Å². The third-order valence-electron chi connectivity index (χ3n) is 3.08. The molecule has 0 aliphatic rings. The van der Waals surface area contributed by atoms with Crippen LogP contribution in [-0.4, -0.2) is 26.6 Å². The van der Waals surface area contributed by atoms with Gasteiger partial charge in [0.05, 0.1) is 11.7 Å². The van der Waals surface area contributed by atoms with E-state index in [1.165, 1.54) is 5.52 Å². The molecule has 2 rings (SSSR count). The quantitative estimate of drug-likeness (QED) is 0.899. The van der Waals surface area contributed by atoms with Gasteiger partial charge < -0.3 is 9.88 Å². The minimum Gasteiger partial charge on any atom is -0.328 e. The van der Waals surface area contributed by atoms with E-state index in [1.54, 1.807) is 0 Å². The third-order valence-corrected chi connectivity index (χ3v) is 3.08. The molecule has 0 saturated heterocycles. The van der Waals surface area contributed by atoms with E-state index >= 15 is 0 Å². The summed E-state index contributed by atoms with van der Waals surface area (Å²) in [5, 5.41) is 3.52. The summed E-state index contributed by atoms with van der Waals surface area (Å²) in [6.07, 6.45) is 5.76. The molecule has 0 radical (unpaired) electrons. The Hall–Kier alpha value is -1.42. The average molecular weight is 260 g/mol. The Balaban J connectivity index is 2.19. The van der Waals surface area contributed by atoms with E-state index in [0.29, 0.717) is 0 Å². The van der Waals surface area contributed by atoms with E-state index in [4.69, 9.17) is 4.98 Å². The van der Waals surface area contributed by atoms with Gasteiger partial charge in [0.1, 0.15) is 11.3 Å². The van der Waals surface area contributed by atoms with Gasteiger partial charge in [-0.2, -0.15) is 0 Å². The highest BCUT2D eigenvalue weighted by atomic mass is 15.1. The van der Waals surface area contributed by atoms with Crippen molar-refractivity contribution in [2.75, 3.05) is 6.54 Å². The number of hydrogen-bond acceptors (Lipinski definition) is 3. The van der Waals surface area contributed by atoms with Crippen molar-refractivity contribution in [3.8, 4) is 0 Å². The van der Waals surface area contributed by atoms with Crippen LogP contribution in [0.2, 0.25) is 0 Å². The monoisotopic (exact) mass is 260 g/mol. The molecule has 4 nitrogen and oxygen atoms in total. The summed E-state index contributed by atoms with van der Waals surface area (Å²) < 4.78 is 2.32. The molecule has 2 aromatic rings. The Bertz CT molecular complexity index is 537. The van der Waals surface area contributed by atoms with Crippen molar-refractivity contribution < 1.29 is 0 Å². The lowest BCUT2D eigenvalue weighted by Gasteiger charge is -2.20. The molecule has 2 heterocycles. The van der Waals surface area contributed by atoms with Gasteiger partial charge in [-0.15, -0.1) is 0 Å². The molecule has 0 unspecified atom stereocenters. The average Bonchev–Trinajstić information content (AvgIpc) is 2.67. The smallest absolute Gasteiger partial charge is 0.111 e. The normalized spacial score (nSPS) is 12.2. The van der Waals surface area contributed by atoms with Crippen molar-refractivity contribution in [2.45, 2.75) is 52.6 Å². The van der Waals surface area contributed by atoms with E-state index in [0.717, 1.165) is 37.3 Å². The molecule has 4 heteroatoms. The Morgan fingerprint density at radius 1 is 1.32 bits per heavy atom. The van der Waals surface area contributed by atoms with E-state index in [1.807, 2.05) is 12.4 Å². The second kappa shape index (κ2) is 5.70. The predicted octanol–water partition coefficient (Wildman–Crippen LogP) is 2.77. The number of rotatable bonds is 5. The lowest BCUT2D eigenvalue weighted by Crippen LogP contribution is -2.37. The molecule has 0 saturated carbocycles. The summed E-state index contributed by atoms with van der Waals surface area (Å²) in [5.74, 6) is 1.15. The topological polar surface area (TPSA) is 42.7 Å². The number of aromatic nitrogens is 3. The van der Waals surface area contributed by atoms with Gasteiger partial charge in [-0.25, -0.2) is 4.98 Å². The van der Waals surface area contributed by atoms with E-state index < -0.39 is 0 Å². The number of pyridine rings is 1. The fourth-order valence-corrected chi connectivity index (χ4v) is 2.24. The Morgan fingerprint density at radius 3 is 2.79 bits per heavy atom. The number of imidazole rings is 1. The first-order valence-corrected chi connectivity index (χ1v) is 7.05. The zero-order chi connectivity index (χ0) is 13.9. The highest BCUT2D eigenvalue weighted by Crippen LogP contribution is 2.16. The van der Waals surface area contributed by atoms with E-state index in [9.17, 15) is 0 Å². The van der Waals surface area contributed by atoms with Crippen LogP contribution in [0.25, 0.3) is 11.0 Å². The standard InChI is InChI=1S/C15H24N4/c1-5-10-19-13-6-8-16-11-12(13)18-14(19)7-9-17-15(2,3)4/h6,8,11,17H,5,7,9-10H2,1-4H3. The van der Waals surface area contributed by atoms with Crippen LogP contribution in [-0.2, 0) is 13.0 Å². The van der Waals surface area contributed by atoms with Crippen molar-refractivity contribution in [2.24, 2.45) is 0 Å². The molecule has 0 aromatic carbocycles. The van der Waals surface area contributed by atoms with Crippen molar-refractivity contribution in [3.63, 3.8) is 0 Å². The molecule has 0 spiro atoms. The largest absolute Gasteiger partial charge is 0.328 e. The van der Waals surface area contributed by atoms with E-state index in [2.05, 4.69) is 48.6 Å². The SMILES string of the molecule is CCCn1c(CCNC(C)(C)C)nc2cnccc21. The Morgan fingerprint density at radius 2 is 2.11 bits per heavy atom. The molecule has 1 N–H and O–H groups in total. The third kappa shape index (κ3) is 3.53. The van der Waals surface area contributed by atoms with Crippen molar-refractivity contribution in [1.29, 1.82) is 0 Å². The Labute approximate surface area is 115 Å². The van der Waals surface area contributed by atoms with Gasteiger partial charge in [-0.05, 0) is 33.3 Å².